The smallest absolute Gasteiger partial charge is 0.311 e. The molecular formula is C23H23N3O5S2. The molecule has 3 aromatic rings. The van der Waals surface area contributed by atoms with Crippen LogP contribution in [0.3, 0.4) is 0 Å². The molecule has 0 spiro atoms. The molecule has 8 nitrogen and oxygen atoms in total. The zero-order chi connectivity index (χ0) is 23.6. The first-order chi connectivity index (χ1) is 16.0. The fraction of sp³-hybridized carbons (Fsp3) is 0.217. The molecule has 1 aromatic heterocycles. The molecule has 172 valence electrons. The number of anilines is 2. The largest absolute Gasteiger partial charge is 0.497 e. The number of methoxy groups -OCH3 is 1. The Morgan fingerprint density at radius 3 is 2.70 bits per heavy atom. The third kappa shape index (κ3) is 7.62. The van der Waals surface area contributed by atoms with Gasteiger partial charge in [-0.05, 0) is 43.3 Å². The molecule has 0 aliphatic heterocycles. The number of carbonyl (C=O) groups excluding carboxylic acids is 3. The second-order valence-corrected chi connectivity index (χ2v) is 8.58. The van der Waals surface area contributed by atoms with Gasteiger partial charge < -0.3 is 20.1 Å². The number of ether oxygens (including phenoxy) is 2. The van der Waals surface area contributed by atoms with E-state index in [0.717, 1.165) is 4.90 Å². The van der Waals surface area contributed by atoms with E-state index in [1.54, 1.807) is 55.8 Å². The van der Waals surface area contributed by atoms with Crippen LogP contribution in [0.5, 0.6) is 5.75 Å². The number of hydrogen-bond donors (Lipinski definition) is 2. The molecule has 0 aliphatic rings. The highest BCUT2D eigenvalue weighted by Gasteiger charge is 2.12. The van der Waals surface area contributed by atoms with Crippen LogP contribution in [0.1, 0.15) is 23.0 Å². The van der Waals surface area contributed by atoms with Crippen LogP contribution in [-0.2, 0) is 20.7 Å². The Balaban J connectivity index is 1.51. The van der Waals surface area contributed by atoms with Gasteiger partial charge in [0.25, 0.3) is 5.91 Å². The molecule has 0 saturated carbocycles. The van der Waals surface area contributed by atoms with Crippen molar-refractivity contribution in [1.29, 1.82) is 0 Å². The molecule has 0 fully saturated rings. The lowest BCUT2D eigenvalue weighted by atomic mass is 10.2. The quantitative estimate of drug-likeness (QED) is 0.327. The molecule has 10 heteroatoms. The molecule has 0 aliphatic carbocycles. The van der Waals surface area contributed by atoms with Gasteiger partial charge in [-0.15, -0.1) is 23.1 Å². The lowest BCUT2D eigenvalue weighted by Crippen LogP contribution is -2.14. The van der Waals surface area contributed by atoms with Gasteiger partial charge in [0.2, 0.25) is 5.91 Å². The van der Waals surface area contributed by atoms with E-state index >= 15 is 0 Å². The van der Waals surface area contributed by atoms with E-state index in [1.807, 2.05) is 12.1 Å². The summed E-state index contributed by atoms with van der Waals surface area (Å²) in [5.41, 5.74) is 1.66. The van der Waals surface area contributed by atoms with E-state index in [2.05, 4.69) is 15.6 Å². The Morgan fingerprint density at radius 1 is 1.09 bits per heavy atom. The standard InChI is InChI=1S/C23H23N3O5S2/c1-3-31-21(28)12-17-13-33-23(25-17)26-20(27)14-32-19-9-5-7-16(11-19)24-22(29)15-6-4-8-18(10-15)30-2/h4-11,13H,3,12,14H2,1-2H3,(H,24,29)(H,25,26,27). The van der Waals surface area contributed by atoms with Crippen LogP contribution in [0.25, 0.3) is 0 Å². The fourth-order valence-corrected chi connectivity index (χ4v) is 4.22. The van der Waals surface area contributed by atoms with Gasteiger partial charge in [-0.1, -0.05) is 12.1 Å². The van der Waals surface area contributed by atoms with Crippen molar-refractivity contribution < 1.29 is 23.9 Å². The Labute approximate surface area is 199 Å². The van der Waals surface area contributed by atoms with Crippen molar-refractivity contribution in [2.75, 3.05) is 30.1 Å². The predicted molar refractivity (Wildman–Crippen MR) is 129 cm³/mol. The van der Waals surface area contributed by atoms with E-state index in [0.29, 0.717) is 34.4 Å². The van der Waals surface area contributed by atoms with Crippen molar-refractivity contribution in [2.24, 2.45) is 0 Å². The summed E-state index contributed by atoms with van der Waals surface area (Å²) in [6.45, 7) is 2.06. The van der Waals surface area contributed by atoms with Gasteiger partial charge in [0.05, 0.1) is 31.6 Å². The Hall–Kier alpha value is -3.37. The minimum absolute atomic E-state index is 0.0727. The SMILES string of the molecule is CCOC(=O)Cc1csc(NC(=O)CSc2cccc(NC(=O)c3cccc(OC)c3)c2)n1. The number of hydrogen-bond acceptors (Lipinski definition) is 8. The third-order valence-corrected chi connectivity index (χ3v) is 6.02. The molecule has 0 radical (unpaired) electrons. The molecule has 2 amide bonds. The number of nitrogens with zero attached hydrogens (tertiary/aromatic N) is 1. The summed E-state index contributed by atoms with van der Waals surface area (Å²) in [4.78, 5) is 41.4. The van der Waals surface area contributed by atoms with Crippen molar-refractivity contribution >= 4 is 51.7 Å². The maximum atomic E-state index is 12.5. The minimum Gasteiger partial charge on any atom is -0.497 e. The first kappa shape index (κ1) is 24.3. The van der Waals surface area contributed by atoms with Crippen molar-refractivity contribution in [3.05, 3.63) is 65.2 Å². The Kier molecular flexibility index (Phi) is 8.85. The summed E-state index contributed by atoms with van der Waals surface area (Å²) in [6, 6.07) is 14.1. The molecule has 33 heavy (non-hydrogen) atoms. The monoisotopic (exact) mass is 485 g/mol. The van der Waals surface area contributed by atoms with Crippen LogP contribution in [-0.4, -0.2) is 42.2 Å². The van der Waals surface area contributed by atoms with Crippen molar-refractivity contribution in [3.8, 4) is 5.75 Å². The summed E-state index contributed by atoms with van der Waals surface area (Å²) in [5, 5.41) is 7.73. The summed E-state index contributed by atoms with van der Waals surface area (Å²) < 4.78 is 10.0. The topological polar surface area (TPSA) is 107 Å². The molecule has 0 saturated heterocycles. The van der Waals surface area contributed by atoms with E-state index in [-0.39, 0.29) is 30.0 Å². The normalized spacial score (nSPS) is 10.4. The number of thiazole rings is 1. The third-order valence-electron chi connectivity index (χ3n) is 4.22. The number of benzene rings is 2. The van der Waals surface area contributed by atoms with Gasteiger partial charge in [0, 0.05) is 21.5 Å². The highest BCUT2D eigenvalue weighted by molar-refractivity contribution is 8.00. The van der Waals surface area contributed by atoms with Gasteiger partial charge in [0.1, 0.15) is 5.75 Å². The summed E-state index contributed by atoms with van der Waals surface area (Å²) in [7, 11) is 1.55. The summed E-state index contributed by atoms with van der Waals surface area (Å²) in [6.07, 6.45) is 0.0727. The van der Waals surface area contributed by atoms with Crippen LogP contribution in [0.2, 0.25) is 0 Å². The number of carbonyl (C=O) groups is 3. The molecule has 0 unspecified atom stereocenters. The summed E-state index contributed by atoms with van der Waals surface area (Å²) in [5.74, 6) is -0.0556. The maximum absolute atomic E-state index is 12.5. The predicted octanol–water partition coefficient (Wildman–Crippen LogP) is 4.24. The average molecular weight is 486 g/mol. The molecule has 2 aromatic carbocycles. The van der Waals surface area contributed by atoms with Crippen LogP contribution < -0.4 is 15.4 Å². The fourth-order valence-electron chi connectivity index (χ4n) is 2.74. The second kappa shape index (κ2) is 12.0. The van der Waals surface area contributed by atoms with Crippen molar-refractivity contribution in [2.45, 2.75) is 18.2 Å². The Bertz CT molecular complexity index is 1130. The van der Waals surface area contributed by atoms with E-state index in [9.17, 15) is 14.4 Å². The van der Waals surface area contributed by atoms with Gasteiger partial charge in [0.15, 0.2) is 5.13 Å². The highest BCUT2D eigenvalue weighted by Crippen LogP contribution is 2.23. The number of esters is 1. The number of rotatable bonds is 10. The number of amides is 2. The lowest BCUT2D eigenvalue weighted by molar-refractivity contribution is -0.142. The van der Waals surface area contributed by atoms with Crippen molar-refractivity contribution in [3.63, 3.8) is 0 Å². The van der Waals surface area contributed by atoms with Gasteiger partial charge in [-0.3, -0.25) is 14.4 Å². The van der Waals surface area contributed by atoms with Gasteiger partial charge in [-0.2, -0.15) is 0 Å². The van der Waals surface area contributed by atoms with E-state index in [4.69, 9.17) is 9.47 Å². The first-order valence-corrected chi connectivity index (χ1v) is 11.9. The van der Waals surface area contributed by atoms with Gasteiger partial charge in [-0.25, -0.2) is 4.98 Å². The number of thioether (sulfide) groups is 1. The highest BCUT2D eigenvalue weighted by atomic mass is 32.2. The van der Waals surface area contributed by atoms with Crippen molar-refractivity contribution in [1.82, 2.24) is 4.98 Å². The lowest BCUT2D eigenvalue weighted by Gasteiger charge is -2.08. The first-order valence-electron chi connectivity index (χ1n) is 10.0. The molecular weight excluding hydrogens is 462 g/mol. The molecule has 2 N–H and O–H groups in total. The minimum atomic E-state index is -0.352. The number of nitrogens with one attached hydrogen (secondary N) is 2. The van der Waals surface area contributed by atoms with E-state index < -0.39 is 0 Å². The Morgan fingerprint density at radius 2 is 1.91 bits per heavy atom. The van der Waals surface area contributed by atoms with Crippen LogP contribution in [0.15, 0.2) is 58.8 Å². The molecule has 0 atom stereocenters. The second-order valence-electron chi connectivity index (χ2n) is 6.68. The van der Waals surface area contributed by atoms with Crippen LogP contribution >= 0.6 is 23.1 Å². The number of aromatic nitrogens is 1. The molecule has 1 heterocycles. The summed E-state index contributed by atoms with van der Waals surface area (Å²) >= 11 is 2.59. The van der Waals surface area contributed by atoms with Crippen LogP contribution in [0.4, 0.5) is 10.8 Å². The zero-order valence-corrected chi connectivity index (χ0v) is 19.8. The molecule has 3 rings (SSSR count). The maximum Gasteiger partial charge on any atom is 0.311 e. The molecule has 0 bridgehead atoms. The van der Waals surface area contributed by atoms with E-state index in [1.165, 1.54) is 23.1 Å². The van der Waals surface area contributed by atoms with Gasteiger partial charge >= 0.3 is 5.97 Å². The zero-order valence-electron chi connectivity index (χ0n) is 18.1. The van der Waals surface area contributed by atoms with Crippen LogP contribution in [0, 0.1) is 0 Å². The average Bonchev–Trinajstić information content (AvgIpc) is 3.24.